The topological polar surface area (TPSA) is 124 Å². The van der Waals surface area contributed by atoms with Crippen LogP contribution in [-0.2, 0) is 0 Å². The van der Waals surface area contributed by atoms with Crippen LogP contribution in [0.3, 0.4) is 0 Å². The van der Waals surface area contributed by atoms with Crippen LogP contribution in [0, 0.1) is 20.2 Å². The molecule has 0 spiro atoms. The molecule has 0 heterocycles. The van der Waals surface area contributed by atoms with Crippen LogP contribution in [0.25, 0.3) is 11.1 Å². The van der Waals surface area contributed by atoms with Gasteiger partial charge in [-0.15, -0.1) is 0 Å². The Hall–Kier alpha value is -4.07. The highest BCUT2D eigenvalue weighted by molar-refractivity contribution is 5.87. The molecule has 0 atom stereocenters. The van der Waals surface area contributed by atoms with Gasteiger partial charge in [0.2, 0.25) is 0 Å². The lowest BCUT2D eigenvalue weighted by Gasteiger charge is -2.00. The minimum Gasteiger partial charge on any atom is -0.478 e. The zero-order valence-corrected chi connectivity index (χ0v) is 13.9. The predicted molar refractivity (Wildman–Crippen MR) is 98.6 cm³/mol. The molecule has 0 bridgehead atoms. The van der Waals surface area contributed by atoms with E-state index in [9.17, 15) is 25.0 Å². The van der Waals surface area contributed by atoms with Crippen LogP contribution in [0.15, 0.2) is 78.9 Å². The molecule has 0 saturated carbocycles. The fourth-order valence-electron chi connectivity index (χ4n) is 2.16. The maximum Gasteiger partial charge on any atom is 0.335 e. The van der Waals surface area contributed by atoms with Crippen molar-refractivity contribution in [2.24, 2.45) is 0 Å². The predicted octanol–water partition coefficient (Wildman–Crippen LogP) is 4.55. The Kier molecular flexibility index (Phi) is 6.32. The lowest BCUT2D eigenvalue weighted by Crippen LogP contribution is -1.96. The van der Waals surface area contributed by atoms with Crippen molar-refractivity contribution < 1.29 is 19.7 Å². The highest BCUT2D eigenvalue weighted by atomic mass is 16.6. The summed E-state index contributed by atoms with van der Waals surface area (Å²) in [5.74, 6) is -1.09. The quantitative estimate of drug-likeness (QED) is 0.533. The number of benzene rings is 3. The van der Waals surface area contributed by atoms with Crippen molar-refractivity contribution in [2.75, 3.05) is 0 Å². The number of non-ortho nitro benzene ring substituents is 2. The van der Waals surface area contributed by atoms with Crippen LogP contribution >= 0.6 is 0 Å². The van der Waals surface area contributed by atoms with E-state index in [1.165, 1.54) is 18.2 Å². The second-order valence-electron chi connectivity index (χ2n) is 5.28. The zero-order valence-electron chi connectivity index (χ0n) is 13.9. The molecule has 0 saturated heterocycles. The molecule has 0 aliphatic carbocycles. The molecule has 0 aromatic heterocycles. The minimum atomic E-state index is -1.09. The van der Waals surface area contributed by atoms with E-state index < -0.39 is 10.9 Å². The third kappa shape index (κ3) is 5.46. The number of nitrogens with zero attached hydrogens (tertiary/aromatic N) is 2. The van der Waals surface area contributed by atoms with Gasteiger partial charge in [-0.25, -0.2) is 4.79 Å². The Morgan fingerprint density at radius 3 is 1.78 bits per heavy atom. The second kappa shape index (κ2) is 8.86. The molecule has 1 N–H and O–H groups in total. The van der Waals surface area contributed by atoms with E-state index >= 15 is 0 Å². The van der Waals surface area contributed by atoms with Crippen molar-refractivity contribution in [1.29, 1.82) is 0 Å². The molecule has 3 aromatic carbocycles. The van der Waals surface area contributed by atoms with Gasteiger partial charge >= 0.3 is 5.97 Å². The van der Waals surface area contributed by atoms with Crippen LogP contribution < -0.4 is 0 Å². The molecule has 27 heavy (non-hydrogen) atoms. The van der Waals surface area contributed by atoms with Crippen molar-refractivity contribution >= 4 is 17.3 Å². The molecule has 0 aliphatic rings. The Morgan fingerprint density at radius 1 is 0.704 bits per heavy atom. The van der Waals surface area contributed by atoms with E-state index in [0.717, 1.165) is 23.3 Å². The number of nitro benzene ring substituents is 2. The summed E-state index contributed by atoms with van der Waals surface area (Å²) >= 11 is 0. The summed E-state index contributed by atoms with van der Waals surface area (Å²) in [6.07, 6.45) is 0. The van der Waals surface area contributed by atoms with Crippen molar-refractivity contribution in [2.45, 2.75) is 0 Å². The monoisotopic (exact) mass is 366 g/mol. The molecule has 136 valence electrons. The molecule has 3 aromatic rings. The SMILES string of the molecule is O=C(O)c1ccc([N+](=O)[O-])cc1.O=[N+]([O-])c1cccc(-c2ccccc2)c1. The lowest BCUT2D eigenvalue weighted by atomic mass is 10.1. The van der Waals surface area contributed by atoms with Crippen molar-refractivity contribution in [3.8, 4) is 11.1 Å². The fraction of sp³-hybridized carbons (Fsp3) is 0. The van der Waals surface area contributed by atoms with Crippen LogP contribution in [-0.4, -0.2) is 20.9 Å². The number of carbonyl (C=O) groups is 1. The first-order chi connectivity index (χ1) is 12.9. The molecular formula is C19H14N2O6. The van der Waals surface area contributed by atoms with Gasteiger partial charge in [0.25, 0.3) is 11.4 Å². The van der Waals surface area contributed by atoms with E-state index in [4.69, 9.17) is 5.11 Å². The fourth-order valence-corrected chi connectivity index (χ4v) is 2.16. The van der Waals surface area contributed by atoms with Crippen molar-refractivity contribution in [3.63, 3.8) is 0 Å². The zero-order chi connectivity index (χ0) is 19.8. The van der Waals surface area contributed by atoms with Crippen LogP contribution in [0.4, 0.5) is 11.4 Å². The lowest BCUT2D eigenvalue weighted by molar-refractivity contribution is -0.385. The molecule has 3 rings (SSSR count). The first-order valence-electron chi connectivity index (χ1n) is 7.66. The van der Waals surface area contributed by atoms with E-state index in [0.29, 0.717) is 0 Å². The van der Waals surface area contributed by atoms with E-state index in [2.05, 4.69) is 0 Å². The molecule has 0 amide bonds. The Balaban J connectivity index is 0.000000199. The number of aromatic carboxylic acids is 1. The standard InChI is InChI=1S/C12H9NO2.C7H5NO4/c14-13(15)12-8-4-7-11(9-12)10-5-2-1-3-6-10;9-7(10)5-1-3-6(4-2-5)8(11)12/h1-9H;1-4H,(H,9,10). The van der Waals surface area contributed by atoms with Gasteiger partial charge in [-0.3, -0.25) is 20.2 Å². The van der Waals surface area contributed by atoms with E-state index in [1.54, 1.807) is 12.1 Å². The van der Waals surface area contributed by atoms with Gasteiger partial charge in [-0.2, -0.15) is 0 Å². The largest absolute Gasteiger partial charge is 0.478 e. The summed E-state index contributed by atoms with van der Waals surface area (Å²) in [4.78, 5) is 30.1. The van der Waals surface area contributed by atoms with Gasteiger partial charge in [0.15, 0.2) is 0 Å². The maximum atomic E-state index is 10.6. The molecule has 0 fully saturated rings. The van der Waals surface area contributed by atoms with Gasteiger partial charge in [0.05, 0.1) is 15.4 Å². The number of rotatable bonds is 4. The smallest absolute Gasteiger partial charge is 0.335 e. The van der Waals surface area contributed by atoms with Crippen LogP contribution in [0.1, 0.15) is 10.4 Å². The summed E-state index contributed by atoms with van der Waals surface area (Å²) in [7, 11) is 0. The summed E-state index contributed by atoms with van der Waals surface area (Å²) in [6, 6.07) is 20.9. The number of carboxylic acids is 1. The van der Waals surface area contributed by atoms with Gasteiger partial charge in [0, 0.05) is 24.3 Å². The van der Waals surface area contributed by atoms with Crippen molar-refractivity contribution in [1.82, 2.24) is 0 Å². The van der Waals surface area contributed by atoms with Gasteiger partial charge in [0.1, 0.15) is 0 Å². The summed E-state index contributed by atoms with van der Waals surface area (Å²) in [5, 5.41) is 29.2. The highest BCUT2D eigenvalue weighted by Gasteiger charge is 2.07. The average molecular weight is 366 g/mol. The van der Waals surface area contributed by atoms with Crippen LogP contribution in [0.2, 0.25) is 0 Å². The van der Waals surface area contributed by atoms with Crippen LogP contribution in [0.5, 0.6) is 0 Å². The third-order valence-electron chi connectivity index (χ3n) is 3.49. The molecule has 8 heteroatoms. The Bertz CT molecular complexity index is 922. The second-order valence-corrected chi connectivity index (χ2v) is 5.28. The average Bonchev–Trinajstić information content (AvgIpc) is 2.69. The maximum absolute atomic E-state index is 10.6. The normalized spacial score (nSPS) is 9.63. The Labute approximate surface area is 153 Å². The van der Waals surface area contributed by atoms with Gasteiger partial charge < -0.3 is 5.11 Å². The third-order valence-corrected chi connectivity index (χ3v) is 3.49. The summed E-state index contributed by atoms with van der Waals surface area (Å²) in [6.45, 7) is 0. The van der Waals surface area contributed by atoms with Crippen molar-refractivity contribution in [3.05, 3.63) is 105 Å². The van der Waals surface area contributed by atoms with E-state index in [1.807, 2.05) is 36.4 Å². The molecule has 8 nitrogen and oxygen atoms in total. The Morgan fingerprint density at radius 2 is 1.26 bits per heavy atom. The molecule has 0 unspecified atom stereocenters. The van der Waals surface area contributed by atoms with Gasteiger partial charge in [-0.05, 0) is 23.3 Å². The molecule has 0 aliphatic heterocycles. The van der Waals surface area contributed by atoms with E-state index in [-0.39, 0.29) is 21.9 Å². The molecular weight excluding hydrogens is 352 g/mol. The number of hydrogen-bond acceptors (Lipinski definition) is 5. The number of carboxylic acid groups (broad SMARTS) is 1. The number of hydrogen-bond donors (Lipinski definition) is 1. The molecule has 0 radical (unpaired) electrons. The van der Waals surface area contributed by atoms with Gasteiger partial charge in [-0.1, -0.05) is 42.5 Å². The summed E-state index contributed by atoms with van der Waals surface area (Å²) < 4.78 is 0. The summed E-state index contributed by atoms with van der Waals surface area (Å²) in [5.41, 5.74) is 1.91. The first-order valence-corrected chi connectivity index (χ1v) is 7.66. The first kappa shape index (κ1) is 19.3. The number of nitro groups is 2. The minimum absolute atomic E-state index is 0.0422. The highest BCUT2D eigenvalue weighted by Crippen LogP contribution is 2.23.